The molecule has 3 N–H and O–H groups in total. The summed E-state index contributed by atoms with van der Waals surface area (Å²) in [4.78, 5) is 11.5. The molecule has 0 aromatic heterocycles. The summed E-state index contributed by atoms with van der Waals surface area (Å²) in [6, 6.07) is 0.408. The van der Waals surface area contributed by atoms with E-state index in [-0.39, 0.29) is 11.9 Å². The topological polar surface area (TPSA) is 53.2 Å². The lowest BCUT2D eigenvalue weighted by atomic mass is 10.1. The van der Waals surface area contributed by atoms with Crippen molar-refractivity contribution < 1.29 is 4.79 Å². The fourth-order valence-electron chi connectivity index (χ4n) is 1.94. The highest BCUT2D eigenvalue weighted by molar-refractivity contribution is 5.81. The molecule has 2 atom stereocenters. The van der Waals surface area contributed by atoms with Crippen LogP contribution in [0.15, 0.2) is 0 Å². The number of amides is 1. The average Bonchev–Trinajstić information content (AvgIpc) is 2.46. The van der Waals surface area contributed by atoms with Gasteiger partial charge in [-0.2, -0.15) is 0 Å². The second-order valence-electron chi connectivity index (χ2n) is 4.16. The van der Waals surface area contributed by atoms with E-state index in [4.69, 9.17) is 0 Å². The molecule has 1 aliphatic rings. The predicted molar refractivity (Wildman–Crippen MR) is 61.8 cm³/mol. The van der Waals surface area contributed by atoms with E-state index in [9.17, 15) is 4.79 Å². The third-order valence-electron chi connectivity index (χ3n) is 2.81. The molecule has 1 aliphatic heterocycles. The molecule has 0 aromatic rings. The average molecular weight is 213 g/mol. The van der Waals surface area contributed by atoms with Crippen molar-refractivity contribution in [3.8, 4) is 0 Å². The van der Waals surface area contributed by atoms with E-state index in [1.165, 1.54) is 6.42 Å². The Balaban J connectivity index is 2.28. The minimum absolute atomic E-state index is 0.0759. The molecule has 1 fully saturated rings. The van der Waals surface area contributed by atoms with Crippen molar-refractivity contribution in [3.63, 3.8) is 0 Å². The Kier molecular flexibility index (Phi) is 5.65. The van der Waals surface area contributed by atoms with E-state index < -0.39 is 0 Å². The molecule has 88 valence electrons. The maximum atomic E-state index is 11.5. The van der Waals surface area contributed by atoms with Gasteiger partial charge in [-0.25, -0.2) is 0 Å². The highest BCUT2D eigenvalue weighted by atomic mass is 16.2. The van der Waals surface area contributed by atoms with E-state index in [0.717, 1.165) is 25.9 Å². The van der Waals surface area contributed by atoms with Gasteiger partial charge in [0.25, 0.3) is 0 Å². The number of nitrogens with one attached hydrogen (secondary N) is 3. The van der Waals surface area contributed by atoms with Gasteiger partial charge in [0, 0.05) is 12.6 Å². The SMILES string of the molecule is CCNC(=O)C(C)NC1CCCNCC1. The van der Waals surface area contributed by atoms with E-state index in [1.54, 1.807) is 0 Å². The van der Waals surface area contributed by atoms with Crippen LogP contribution < -0.4 is 16.0 Å². The van der Waals surface area contributed by atoms with Crippen molar-refractivity contribution in [1.82, 2.24) is 16.0 Å². The smallest absolute Gasteiger partial charge is 0.236 e. The summed E-state index contributed by atoms with van der Waals surface area (Å²) in [6.07, 6.45) is 3.47. The third-order valence-corrected chi connectivity index (χ3v) is 2.81. The first kappa shape index (κ1) is 12.5. The Morgan fingerprint density at radius 1 is 1.47 bits per heavy atom. The standard InChI is InChI=1S/C11H23N3O/c1-3-13-11(15)9(2)14-10-5-4-7-12-8-6-10/h9-10,12,14H,3-8H2,1-2H3,(H,13,15). The normalized spacial score (nSPS) is 24.3. The molecule has 1 heterocycles. The van der Waals surface area contributed by atoms with Crippen LogP contribution in [0.25, 0.3) is 0 Å². The van der Waals surface area contributed by atoms with Crippen molar-refractivity contribution in [2.24, 2.45) is 0 Å². The monoisotopic (exact) mass is 213 g/mol. The molecule has 0 aromatic carbocycles. The molecule has 1 rings (SSSR count). The summed E-state index contributed by atoms with van der Waals surface area (Å²) in [5.74, 6) is 0.106. The minimum Gasteiger partial charge on any atom is -0.355 e. The maximum absolute atomic E-state index is 11.5. The van der Waals surface area contributed by atoms with Gasteiger partial charge in [-0.05, 0) is 46.2 Å². The van der Waals surface area contributed by atoms with Gasteiger partial charge in [0.1, 0.15) is 0 Å². The fourth-order valence-corrected chi connectivity index (χ4v) is 1.94. The molecule has 4 heteroatoms. The van der Waals surface area contributed by atoms with Crippen molar-refractivity contribution in [2.45, 2.75) is 45.2 Å². The van der Waals surface area contributed by atoms with Crippen LogP contribution in [0.4, 0.5) is 0 Å². The predicted octanol–water partition coefficient (Wildman–Crippen LogP) is 0.243. The number of carbonyl (C=O) groups is 1. The lowest BCUT2D eigenvalue weighted by molar-refractivity contribution is -0.122. The molecule has 0 radical (unpaired) electrons. The largest absolute Gasteiger partial charge is 0.355 e. The summed E-state index contributed by atoms with van der Waals surface area (Å²) >= 11 is 0. The van der Waals surface area contributed by atoms with Gasteiger partial charge in [0.05, 0.1) is 6.04 Å². The highest BCUT2D eigenvalue weighted by Gasteiger charge is 2.17. The number of rotatable bonds is 4. The van der Waals surface area contributed by atoms with E-state index in [2.05, 4.69) is 16.0 Å². The second-order valence-corrected chi connectivity index (χ2v) is 4.16. The summed E-state index contributed by atoms with van der Waals surface area (Å²) in [7, 11) is 0. The number of likely N-dealkylation sites (N-methyl/N-ethyl adjacent to an activating group) is 1. The number of carbonyl (C=O) groups excluding carboxylic acids is 1. The minimum atomic E-state index is -0.0759. The molecule has 0 spiro atoms. The summed E-state index contributed by atoms with van der Waals surface area (Å²) in [5.41, 5.74) is 0. The van der Waals surface area contributed by atoms with E-state index in [0.29, 0.717) is 12.6 Å². The van der Waals surface area contributed by atoms with Crippen LogP contribution in [0.3, 0.4) is 0 Å². The second kappa shape index (κ2) is 6.80. The van der Waals surface area contributed by atoms with Crippen molar-refractivity contribution >= 4 is 5.91 Å². The van der Waals surface area contributed by atoms with Gasteiger partial charge in [0.2, 0.25) is 5.91 Å². The van der Waals surface area contributed by atoms with Gasteiger partial charge in [0.15, 0.2) is 0 Å². The molecule has 2 unspecified atom stereocenters. The fraction of sp³-hybridized carbons (Fsp3) is 0.909. The van der Waals surface area contributed by atoms with Crippen LogP contribution in [-0.4, -0.2) is 37.6 Å². The Labute approximate surface area is 92.2 Å². The van der Waals surface area contributed by atoms with Crippen LogP contribution in [0.5, 0.6) is 0 Å². The molecule has 0 aliphatic carbocycles. The summed E-state index contributed by atoms with van der Waals surface area (Å²) in [6.45, 7) is 6.74. The molecular weight excluding hydrogens is 190 g/mol. The molecule has 1 saturated heterocycles. The maximum Gasteiger partial charge on any atom is 0.236 e. The van der Waals surface area contributed by atoms with Crippen LogP contribution >= 0.6 is 0 Å². The van der Waals surface area contributed by atoms with Crippen molar-refractivity contribution in [2.75, 3.05) is 19.6 Å². The quantitative estimate of drug-likeness (QED) is 0.627. The summed E-state index contributed by atoms with van der Waals surface area (Å²) in [5, 5.41) is 9.59. The lowest BCUT2D eigenvalue weighted by Gasteiger charge is -2.21. The zero-order valence-electron chi connectivity index (χ0n) is 9.81. The molecule has 15 heavy (non-hydrogen) atoms. The van der Waals surface area contributed by atoms with E-state index in [1.807, 2.05) is 13.8 Å². The summed E-state index contributed by atoms with van der Waals surface area (Å²) < 4.78 is 0. The van der Waals surface area contributed by atoms with Crippen molar-refractivity contribution in [1.29, 1.82) is 0 Å². The Hall–Kier alpha value is -0.610. The third kappa shape index (κ3) is 4.62. The van der Waals surface area contributed by atoms with Gasteiger partial charge in [-0.3, -0.25) is 4.79 Å². The van der Waals surface area contributed by atoms with Gasteiger partial charge < -0.3 is 16.0 Å². The van der Waals surface area contributed by atoms with Crippen molar-refractivity contribution in [3.05, 3.63) is 0 Å². The molecule has 0 saturated carbocycles. The van der Waals surface area contributed by atoms with Crippen LogP contribution in [0, 0.1) is 0 Å². The Morgan fingerprint density at radius 3 is 3.00 bits per heavy atom. The Bertz CT molecular complexity index is 188. The van der Waals surface area contributed by atoms with Crippen LogP contribution in [0.1, 0.15) is 33.1 Å². The van der Waals surface area contributed by atoms with Crippen LogP contribution in [-0.2, 0) is 4.79 Å². The zero-order valence-corrected chi connectivity index (χ0v) is 9.81. The van der Waals surface area contributed by atoms with Gasteiger partial charge >= 0.3 is 0 Å². The Morgan fingerprint density at radius 2 is 2.27 bits per heavy atom. The zero-order chi connectivity index (χ0) is 11.1. The van der Waals surface area contributed by atoms with E-state index >= 15 is 0 Å². The molecule has 4 nitrogen and oxygen atoms in total. The molecule has 1 amide bonds. The van der Waals surface area contributed by atoms with Gasteiger partial charge in [-0.15, -0.1) is 0 Å². The first-order valence-corrected chi connectivity index (χ1v) is 5.98. The lowest BCUT2D eigenvalue weighted by Crippen LogP contribution is -2.46. The highest BCUT2D eigenvalue weighted by Crippen LogP contribution is 2.05. The number of hydrogen-bond acceptors (Lipinski definition) is 3. The first-order chi connectivity index (χ1) is 7.24. The van der Waals surface area contributed by atoms with Crippen LogP contribution in [0.2, 0.25) is 0 Å². The first-order valence-electron chi connectivity index (χ1n) is 5.98. The van der Waals surface area contributed by atoms with Gasteiger partial charge in [-0.1, -0.05) is 0 Å². The molecular formula is C11H23N3O. The molecule has 0 bridgehead atoms. The number of hydrogen-bond donors (Lipinski definition) is 3.